The van der Waals surface area contributed by atoms with Gasteiger partial charge in [0.2, 0.25) is 0 Å². The minimum Gasteiger partial charge on any atom is -0.428 e. The minimum atomic E-state index is -4.53. The van der Waals surface area contributed by atoms with E-state index in [9.17, 15) is 17.6 Å². The van der Waals surface area contributed by atoms with Crippen LogP contribution in [0.2, 0.25) is 0 Å². The van der Waals surface area contributed by atoms with E-state index < -0.39 is 12.5 Å². The van der Waals surface area contributed by atoms with Gasteiger partial charge in [0.05, 0.1) is 12.2 Å². The van der Waals surface area contributed by atoms with Crippen LogP contribution in [-0.2, 0) is 6.54 Å². The number of alkyl halides is 4. The van der Waals surface area contributed by atoms with Gasteiger partial charge in [-0.3, -0.25) is 4.68 Å². The molecule has 0 aliphatic heterocycles. The number of ether oxygens (including phenoxy) is 1. The summed E-state index contributed by atoms with van der Waals surface area (Å²) in [6.07, 6.45) is 6.35. The Morgan fingerprint density at radius 2 is 1.97 bits per heavy atom. The average molecular weight is 465 g/mol. The van der Waals surface area contributed by atoms with Gasteiger partial charge in [-0.15, -0.1) is 0 Å². The monoisotopic (exact) mass is 464 g/mol. The summed E-state index contributed by atoms with van der Waals surface area (Å²) in [6.45, 7) is 2.61. The van der Waals surface area contributed by atoms with E-state index >= 15 is 0 Å². The van der Waals surface area contributed by atoms with Gasteiger partial charge in [-0.2, -0.15) is 22.7 Å². The molecule has 0 fully saturated rings. The molecule has 0 unspecified atom stereocenters. The van der Waals surface area contributed by atoms with Crippen LogP contribution in [0, 0.1) is 0 Å². The fourth-order valence-electron chi connectivity index (χ4n) is 3.72. The Morgan fingerprint density at radius 3 is 2.64 bits per heavy atom. The Morgan fingerprint density at radius 1 is 1.21 bits per heavy atom. The summed E-state index contributed by atoms with van der Waals surface area (Å²) in [7, 11) is 0. The molecule has 178 valence electrons. The van der Waals surface area contributed by atoms with Crippen molar-refractivity contribution in [1.29, 1.82) is 0 Å². The van der Waals surface area contributed by atoms with E-state index in [1.807, 2.05) is 19.2 Å². The van der Waals surface area contributed by atoms with Crippen LogP contribution >= 0.6 is 0 Å². The van der Waals surface area contributed by atoms with Crippen molar-refractivity contribution in [1.82, 2.24) is 9.78 Å². The third-order valence-electron chi connectivity index (χ3n) is 5.39. The third kappa shape index (κ3) is 6.57. The van der Waals surface area contributed by atoms with Gasteiger partial charge < -0.3 is 9.84 Å². The molecule has 1 aliphatic rings. The Hall–Kier alpha value is -2.87. The van der Waals surface area contributed by atoms with E-state index in [0.29, 0.717) is 6.54 Å². The quantitative estimate of drug-likeness (QED) is 0.306. The highest BCUT2D eigenvalue weighted by molar-refractivity contribution is 5.83. The molecule has 0 bridgehead atoms. The van der Waals surface area contributed by atoms with E-state index in [2.05, 4.69) is 28.1 Å². The SMILES string of the molecule is C/C=C(/CCCCCO)C1=CCC=Cc2nn(Cc3ccc(OC(F)(F)C(F)F)cc3)cc21. The molecular weight excluding hydrogens is 436 g/mol. The van der Waals surface area contributed by atoms with E-state index in [1.54, 1.807) is 16.8 Å². The largest absolute Gasteiger partial charge is 0.461 e. The summed E-state index contributed by atoms with van der Waals surface area (Å²) < 4.78 is 56.7. The van der Waals surface area contributed by atoms with Gasteiger partial charge in [0, 0.05) is 18.4 Å². The van der Waals surface area contributed by atoms with Gasteiger partial charge >= 0.3 is 12.5 Å². The zero-order valence-electron chi connectivity index (χ0n) is 18.5. The van der Waals surface area contributed by atoms with Crippen molar-refractivity contribution in [2.24, 2.45) is 0 Å². The van der Waals surface area contributed by atoms with Crippen molar-refractivity contribution in [2.45, 2.75) is 58.1 Å². The fraction of sp³-hybridized carbons (Fsp3) is 0.400. The summed E-state index contributed by atoms with van der Waals surface area (Å²) in [5.74, 6) is -0.327. The Balaban J connectivity index is 1.73. The number of nitrogens with zero attached hydrogens (tertiary/aromatic N) is 2. The number of hydrogen-bond donors (Lipinski definition) is 1. The highest BCUT2D eigenvalue weighted by atomic mass is 19.3. The predicted octanol–water partition coefficient (Wildman–Crippen LogP) is 6.47. The van der Waals surface area contributed by atoms with Gasteiger partial charge in [-0.25, -0.2) is 0 Å². The molecule has 4 nitrogen and oxygen atoms in total. The highest BCUT2D eigenvalue weighted by Gasteiger charge is 2.43. The number of aliphatic hydroxyl groups is 1. The smallest absolute Gasteiger partial charge is 0.428 e. The molecule has 3 rings (SSSR count). The maximum atomic E-state index is 13.1. The Bertz CT molecular complexity index is 1010. The average Bonchev–Trinajstić information content (AvgIpc) is 3.07. The molecule has 0 radical (unpaired) electrons. The zero-order valence-corrected chi connectivity index (χ0v) is 18.5. The number of rotatable bonds is 11. The van der Waals surface area contributed by atoms with Crippen LogP contribution in [0.25, 0.3) is 11.6 Å². The number of aliphatic hydroxyl groups excluding tert-OH is 1. The number of fused-ring (bicyclic) bond motifs is 1. The molecule has 1 heterocycles. The first-order valence-electron chi connectivity index (χ1n) is 11.0. The lowest BCUT2D eigenvalue weighted by atomic mass is 9.93. The second-order valence-electron chi connectivity index (χ2n) is 7.84. The standard InChI is InChI=1S/C25H28F4N2O2/c1-2-19(8-4-3-7-15-32)21-9-5-6-10-23-22(21)17-31(30-23)16-18-11-13-20(14-12-18)33-25(28,29)24(26)27/h2,6,9-14,17,24,32H,3-5,7-8,15-16H2,1H3/b19-2-. The van der Waals surface area contributed by atoms with Crippen molar-refractivity contribution in [3.63, 3.8) is 0 Å². The normalized spacial score (nSPS) is 14.3. The first kappa shape index (κ1) is 24.8. The van der Waals surface area contributed by atoms with Crippen molar-refractivity contribution in [2.75, 3.05) is 6.61 Å². The minimum absolute atomic E-state index is 0.205. The lowest BCUT2D eigenvalue weighted by Gasteiger charge is -2.16. The van der Waals surface area contributed by atoms with Crippen molar-refractivity contribution >= 4 is 11.6 Å². The Kier molecular flexibility index (Phi) is 8.49. The van der Waals surface area contributed by atoms with Crippen LogP contribution in [0.4, 0.5) is 17.6 Å². The van der Waals surface area contributed by atoms with E-state index in [4.69, 9.17) is 5.11 Å². The molecule has 1 aromatic carbocycles. The molecule has 0 atom stereocenters. The van der Waals surface area contributed by atoms with Gasteiger partial charge in [-0.1, -0.05) is 36.8 Å². The number of benzene rings is 1. The molecule has 0 amide bonds. The predicted molar refractivity (Wildman–Crippen MR) is 120 cm³/mol. The Labute approximate surface area is 190 Å². The first-order chi connectivity index (χ1) is 15.8. The maximum Gasteiger partial charge on any atom is 0.461 e. The van der Waals surface area contributed by atoms with Crippen LogP contribution in [0.1, 0.15) is 55.8 Å². The molecule has 1 N–H and O–H groups in total. The molecule has 2 aromatic rings. The van der Waals surface area contributed by atoms with Crippen molar-refractivity contribution in [3.8, 4) is 5.75 Å². The molecule has 0 spiro atoms. The van der Waals surface area contributed by atoms with Crippen LogP contribution in [0.5, 0.6) is 5.75 Å². The number of halogens is 4. The first-order valence-corrected chi connectivity index (χ1v) is 11.0. The lowest BCUT2D eigenvalue weighted by Crippen LogP contribution is -2.33. The van der Waals surface area contributed by atoms with Crippen molar-refractivity contribution in [3.05, 3.63) is 71.1 Å². The molecular formula is C25H28F4N2O2. The summed E-state index contributed by atoms with van der Waals surface area (Å²) in [5, 5.41) is 13.7. The van der Waals surface area contributed by atoms with Gasteiger partial charge in [0.15, 0.2) is 0 Å². The fourth-order valence-corrected chi connectivity index (χ4v) is 3.72. The highest BCUT2D eigenvalue weighted by Crippen LogP contribution is 2.33. The van der Waals surface area contributed by atoms with Crippen LogP contribution in [-0.4, -0.2) is 34.0 Å². The summed E-state index contributed by atoms with van der Waals surface area (Å²) in [6, 6.07) is 5.59. The van der Waals surface area contributed by atoms with Gasteiger partial charge in [0.25, 0.3) is 0 Å². The lowest BCUT2D eigenvalue weighted by molar-refractivity contribution is -0.253. The molecule has 0 saturated carbocycles. The second-order valence-corrected chi connectivity index (χ2v) is 7.84. The zero-order chi connectivity index (χ0) is 23.8. The maximum absolute atomic E-state index is 13.1. The number of unbranched alkanes of at least 4 members (excludes halogenated alkanes) is 2. The van der Waals surface area contributed by atoms with Crippen LogP contribution in [0.3, 0.4) is 0 Å². The van der Waals surface area contributed by atoms with Crippen LogP contribution < -0.4 is 4.74 Å². The molecule has 0 saturated heterocycles. The van der Waals surface area contributed by atoms with E-state index in [-0.39, 0.29) is 12.4 Å². The number of aromatic nitrogens is 2. The summed E-state index contributed by atoms with van der Waals surface area (Å²) in [4.78, 5) is 0. The number of hydrogen-bond acceptors (Lipinski definition) is 3. The van der Waals surface area contributed by atoms with Gasteiger partial charge in [-0.05, 0) is 67.5 Å². The van der Waals surface area contributed by atoms with Gasteiger partial charge in [0.1, 0.15) is 5.75 Å². The molecule has 1 aliphatic carbocycles. The molecule has 33 heavy (non-hydrogen) atoms. The summed E-state index contributed by atoms with van der Waals surface area (Å²) >= 11 is 0. The number of allylic oxidation sites excluding steroid dienone is 5. The molecule has 1 aromatic heterocycles. The van der Waals surface area contributed by atoms with E-state index in [0.717, 1.165) is 54.5 Å². The molecule has 8 heteroatoms. The summed E-state index contributed by atoms with van der Waals surface area (Å²) in [5.41, 5.74) is 5.02. The van der Waals surface area contributed by atoms with Crippen LogP contribution in [0.15, 0.2) is 54.3 Å². The topological polar surface area (TPSA) is 47.3 Å². The third-order valence-corrected chi connectivity index (χ3v) is 5.39. The van der Waals surface area contributed by atoms with Crippen molar-refractivity contribution < 1.29 is 27.4 Å². The van der Waals surface area contributed by atoms with E-state index in [1.165, 1.54) is 17.7 Å². The second kappa shape index (κ2) is 11.3.